The minimum absolute atomic E-state index is 0.198. The number of methoxy groups -OCH3 is 1. The van der Waals surface area contributed by atoms with Crippen LogP contribution in [0.15, 0.2) is 35.7 Å². The van der Waals surface area contributed by atoms with Crippen LogP contribution in [0.2, 0.25) is 0 Å². The van der Waals surface area contributed by atoms with Gasteiger partial charge in [-0.2, -0.15) is 0 Å². The van der Waals surface area contributed by atoms with Crippen LogP contribution in [0.4, 0.5) is 4.39 Å². The van der Waals surface area contributed by atoms with Gasteiger partial charge in [0.15, 0.2) is 11.6 Å². The van der Waals surface area contributed by atoms with Gasteiger partial charge in [0.1, 0.15) is 0 Å². The quantitative estimate of drug-likeness (QED) is 0.896. The van der Waals surface area contributed by atoms with Crippen molar-refractivity contribution in [2.75, 3.05) is 7.11 Å². The number of halogens is 1. The van der Waals surface area contributed by atoms with Crippen LogP contribution < -0.4 is 4.74 Å². The Morgan fingerprint density at radius 3 is 2.83 bits per heavy atom. The minimum atomic E-state index is -0.646. The second-order valence-corrected chi connectivity index (χ2v) is 5.06. The summed E-state index contributed by atoms with van der Waals surface area (Å²) in [5.41, 5.74) is 0.588. The van der Waals surface area contributed by atoms with Crippen LogP contribution in [0.3, 0.4) is 0 Å². The van der Waals surface area contributed by atoms with E-state index >= 15 is 0 Å². The minimum Gasteiger partial charge on any atom is -0.494 e. The van der Waals surface area contributed by atoms with Gasteiger partial charge < -0.3 is 9.84 Å². The van der Waals surface area contributed by atoms with Crippen molar-refractivity contribution in [3.63, 3.8) is 0 Å². The monoisotopic (exact) mass is 266 g/mol. The summed E-state index contributed by atoms with van der Waals surface area (Å²) in [6.45, 7) is 0. The van der Waals surface area contributed by atoms with Crippen molar-refractivity contribution in [1.29, 1.82) is 0 Å². The molecule has 96 valence electrons. The summed E-state index contributed by atoms with van der Waals surface area (Å²) in [7, 11) is 1.42. The topological polar surface area (TPSA) is 29.5 Å². The SMILES string of the molecule is COc1ccc(C(O)CCc2cccs2)cc1F. The van der Waals surface area contributed by atoms with E-state index in [2.05, 4.69) is 0 Å². The van der Waals surface area contributed by atoms with Gasteiger partial charge in [0, 0.05) is 4.88 Å². The number of thiophene rings is 1. The standard InChI is InChI=1S/C14H15FO2S/c1-17-14-7-4-10(9-12(14)15)13(16)6-5-11-3-2-8-18-11/h2-4,7-9,13,16H,5-6H2,1H3. The molecular weight excluding hydrogens is 251 g/mol. The molecule has 0 amide bonds. The lowest BCUT2D eigenvalue weighted by atomic mass is 10.0. The Morgan fingerprint density at radius 1 is 1.39 bits per heavy atom. The number of ether oxygens (including phenoxy) is 1. The highest BCUT2D eigenvalue weighted by molar-refractivity contribution is 7.09. The summed E-state index contributed by atoms with van der Waals surface area (Å²) in [6.07, 6.45) is 0.742. The first kappa shape index (κ1) is 13.1. The van der Waals surface area contributed by atoms with Crippen LogP contribution in [0, 0.1) is 5.82 Å². The Labute approximate surface area is 110 Å². The fourth-order valence-electron chi connectivity index (χ4n) is 1.79. The molecular formula is C14H15FO2S. The molecule has 0 aliphatic carbocycles. The van der Waals surface area contributed by atoms with Crippen molar-refractivity contribution in [3.05, 3.63) is 52.0 Å². The van der Waals surface area contributed by atoms with Gasteiger partial charge in [0.25, 0.3) is 0 Å². The van der Waals surface area contributed by atoms with E-state index in [0.717, 1.165) is 6.42 Å². The molecule has 1 aromatic carbocycles. The summed E-state index contributed by atoms with van der Waals surface area (Å²) < 4.78 is 18.3. The maximum Gasteiger partial charge on any atom is 0.165 e. The Hall–Kier alpha value is -1.39. The van der Waals surface area contributed by atoms with Crippen molar-refractivity contribution >= 4 is 11.3 Å². The number of benzene rings is 1. The predicted molar refractivity (Wildman–Crippen MR) is 70.6 cm³/mol. The van der Waals surface area contributed by atoms with Crippen molar-refractivity contribution < 1.29 is 14.2 Å². The molecule has 0 aliphatic heterocycles. The molecule has 1 unspecified atom stereocenters. The summed E-state index contributed by atoms with van der Waals surface area (Å²) in [4.78, 5) is 1.23. The van der Waals surface area contributed by atoms with Gasteiger partial charge >= 0.3 is 0 Å². The second-order valence-electron chi connectivity index (χ2n) is 4.03. The molecule has 2 nitrogen and oxygen atoms in total. The first-order valence-electron chi connectivity index (χ1n) is 5.74. The molecule has 0 spiro atoms. The highest BCUT2D eigenvalue weighted by atomic mass is 32.1. The molecule has 1 atom stereocenters. The molecule has 0 bridgehead atoms. The molecule has 0 aliphatic rings. The second kappa shape index (κ2) is 5.98. The fourth-order valence-corrected chi connectivity index (χ4v) is 2.52. The maximum atomic E-state index is 13.5. The van der Waals surface area contributed by atoms with Crippen LogP contribution in [-0.2, 0) is 6.42 Å². The fraction of sp³-hybridized carbons (Fsp3) is 0.286. The molecule has 4 heteroatoms. The molecule has 1 heterocycles. The van der Waals surface area contributed by atoms with Crippen LogP contribution in [0.5, 0.6) is 5.75 Å². The lowest BCUT2D eigenvalue weighted by molar-refractivity contribution is 0.167. The third-order valence-corrected chi connectivity index (χ3v) is 3.74. The first-order chi connectivity index (χ1) is 8.70. The van der Waals surface area contributed by atoms with Gasteiger partial charge in [-0.1, -0.05) is 12.1 Å². The van der Waals surface area contributed by atoms with Gasteiger partial charge in [-0.25, -0.2) is 4.39 Å². The lowest BCUT2D eigenvalue weighted by Crippen LogP contribution is -2.00. The molecule has 0 fully saturated rings. The number of hydrogen-bond donors (Lipinski definition) is 1. The molecule has 1 aromatic heterocycles. The van der Waals surface area contributed by atoms with Crippen molar-refractivity contribution in [2.24, 2.45) is 0 Å². The summed E-state index contributed by atoms with van der Waals surface area (Å²) >= 11 is 1.66. The summed E-state index contributed by atoms with van der Waals surface area (Å²) in [5, 5.41) is 12.0. The Kier molecular flexibility index (Phi) is 4.33. The van der Waals surface area contributed by atoms with E-state index in [4.69, 9.17) is 4.74 Å². The van der Waals surface area contributed by atoms with Crippen LogP contribution >= 0.6 is 11.3 Å². The van der Waals surface area contributed by atoms with E-state index in [1.54, 1.807) is 23.5 Å². The van der Waals surface area contributed by atoms with Crippen molar-refractivity contribution in [3.8, 4) is 5.75 Å². The van der Waals surface area contributed by atoms with E-state index in [1.807, 2.05) is 17.5 Å². The predicted octanol–water partition coefficient (Wildman–Crippen LogP) is 3.56. The molecule has 2 aromatic rings. The molecule has 18 heavy (non-hydrogen) atoms. The molecule has 0 saturated heterocycles. The first-order valence-corrected chi connectivity index (χ1v) is 6.62. The largest absolute Gasteiger partial charge is 0.494 e. The summed E-state index contributed by atoms with van der Waals surface area (Å²) in [6, 6.07) is 8.59. The molecule has 0 radical (unpaired) electrons. The molecule has 2 rings (SSSR count). The normalized spacial score (nSPS) is 12.4. The lowest BCUT2D eigenvalue weighted by Gasteiger charge is -2.11. The van der Waals surface area contributed by atoms with Crippen molar-refractivity contribution in [2.45, 2.75) is 18.9 Å². The number of rotatable bonds is 5. The Morgan fingerprint density at radius 2 is 2.22 bits per heavy atom. The van der Waals surface area contributed by atoms with Gasteiger partial charge in [-0.05, 0) is 42.0 Å². The van der Waals surface area contributed by atoms with Crippen molar-refractivity contribution in [1.82, 2.24) is 0 Å². The Bertz CT molecular complexity index is 497. The van der Waals surface area contributed by atoms with E-state index < -0.39 is 11.9 Å². The zero-order valence-corrected chi connectivity index (χ0v) is 10.9. The average Bonchev–Trinajstić information content (AvgIpc) is 2.89. The van der Waals surface area contributed by atoms with Gasteiger partial charge in [0.05, 0.1) is 13.2 Å². The number of aliphatic hydroxyl groups excluding tert-OH is 1. The summed E-state index contributed by atoms with van der Waals surface area (Å²) in [5.74, 6) is -0.241. The third-order valence-electron chi connectivity index (χ3n) is 2.80. The zero-order valence-electron chi connectivity index (χ0n) is 10.1. The van der Waals surface area contributed by atoms with Crippen LogP contribution in [0.25, 0.3) is 0 Å². The van der Waals surface area contributed by atoms with E-state index in [0.29, 0.717) is 12.0 Å². The van der Waals surface area contributed by atoms with E-state index in [-0.39, 0.29) is 5.75 Å². The van der Waals surface area contributed by atoms with E-state index in [1.165, 1.54) is 18.1 Å². The highest BCUT2D eigenvalue weighted by Gasteiger charge is 2.11. The Balaban J connectivity index is 2.00. The van der Waals surface area contributed by atoms with Gasteiger partial charge in [-0.15, -0.1) is 11.3 Å². The van der Waals surface area contributed by atoms with Crippen LogP contribution in [0.1, 0.15) is 23.0 Å². The number of aryl methyl sites for hydroxylation is 1. The van der Waals surface area contributed by atoms with Crippen LogP contribution in [-0.4, -0.2) is 12.2 Å². The number of hydrogen-bond acceptors (Lipinski definition) is 3. The highest BCUT2D eigenvalue weighted by Crippen LogP contribution is 2.25. The van der Waals surface area contributed by atoms with E-state index in [9.17, 15) is 9.50 Å². The molecule has 1 N–H and O–H groups in total. The average molecular weight is 266 g/mol. The molecule has 0 saturated carbocycles. The van der Waals surface area contributed by atoms with Gasteiger partial charge in [-0.3, -0.25) is 0 Å². The number of aliphatic hydroxyl groups is 1. The van der Waals surface area contributed by atoms with Gasteiger partial charge in [0.2, 0.25) is 0 Å². The third kappa shape index (κ3) is 3.09. The maximum absolute atomic E-state index is 13.5. The smallest absolute Gasteiger partial charge is 0.165 e. The zero-order chi connectivity index (χ0) is 13.0.